The van der Waals surface area contributed by atoms with Crippen molar-refractivity contribution in [2.45, 2.75) is 13.0 Å². The van der Waals surface area contributed by atoms with Crippen LogP contribution in [0.25, 0.3) is 16.3 Å². The van der Waals surface area contributed by atoms with Crippen LogP contribution in [-0.2, 0) is 9.59 Å². The van der Waals surface area contributed by atoms with Crippen molar-refractivity contribution >= 4 is 44.5 Å². The fourth-order valence-electron chi connectivity index (χ4n) is 4.34. The molecule has 1 aromatic heterocycles. The predicted octanol–water partition coefficient (Wildman–Crippen LogP) is 5.80. The number of fused-ring (bicyclic) bond motifs is 1. The average Bonchev–Trinajstić information content (AvgIpc) is 3.44. The van der Waals surface area contributed by atoms with E-state index in [0.717, 1.165) is 21.3 Å². The maximum Gasteiger partial charge on any atom is 0.296 e. The number of allylic oxidation sites excluding steroid dienone is 1. The molecule has 0 saturated carbocycles. The second kappa shape index (κ2) is 9.91. The number of ketones is 1. The Labute approximate surface area is 217 Å². The van der Waals surface area contributed by atoms with E-state index in [0.29, 0.717) is 22.2 Å². The Hall–Kier alpha value is -4.43. The molecule has 0 saturated heterocycles. The summed E-state index contributed by atoms with van der Waals surface area (Å²) in [5.74, 6) is -0.827. The molecule has 37 heavy (non-hydrogen) atoms. The largest absolute Gasteiger partial charge is 0.503 e. The number of amides is 1. The van der Waals surface area contributed by atoms with Crippen molar-refractivity contribution in [2.75, 3.05) is 19.1 Å². The Kier molecular flexibility index (Phi) is 6.50. The third-order valence-electron chi connectivity index (χ3n) is 6.16. The van der Waals surface area contributed by atoms with Crippen LogP contribution in [0.4, 0.5) is 5.13 Å². The number of thiazole rings is 1. The first-order valence-corrected chi connectivity index (χ1v) is 12.4. The number of hydrogen-bond acceptors (Lipinski definition) is 7. The molecule has 1 atom stereocenters. The third kappa shape index (κ3) is 4.47. The van der Waals surface area contributed by atoms with Gasteiger partial charge in [0.1, 0.15) is 0 Å². The zero-order chi connectivity index (χ0) is 26.1. The van der Waals surface area contributed by atoms with Gasteiger partial charge in [-0.25, -0.2) is 4.98 Å². The van der Waals surface area contributed by atoms with Crippen LogP contribution in [0.2, 0.25) is 0 Å². The van der Waals surface area contributed by atoms with Crippen LogP contribution in [-0.4, -0.2) is 36.0 Å². The summed E-state index contributed by atoms with van der Waals surface area (Å²) in [6, 6.07) is 19.4. The van der Waals surface area contributed by atoms with Gasteiger partial charge in [0.2, 0.25) is 0 Å². The number of aliphatic hydroxyl groups is 1. The van der Waals surface area contributed by atoms with Crippen LogP contribution >= 0.6 is 11.3 Å². The van der Waals surface area contributed by atoms with E-state index in [1.165, 1.54) is 36.5 Å². The van der Waals surface area contributed by atoms with Crippen molar-refractivity contribution in [2.24, 2.45) is 0 Å². The van der Waals surface area contributed by atoms with E-state index in [4.69, 9.17) is 9.47 Å². The van der Waals surface area contributed by atoms with E-state index in [1.807, 2.05) is 55.5 Å². The summed E-state index contributed by atoms with van der Waals surface area (Å²) in [4.78, 5) is 33.0. The zero-order valence-electron chi connectivity index (χ0n) is 20.5. The van der Waals surface area contributed by atoms with Gasteiger partial charge in [0.15, 0.2) is 28.2 Å². The minimum absolute atomic E-state index is 0.0279. The Morgan fingerprint density at radius 3 is 2.51 bits per heavy atom. The standard InChI is InChI=1S/C29H24N2O5S/c1-17-9-12-20-24(15-17)37-29(30-20)31-26(19-11-14-22(35-2)23(16-19)36-3)25(27(33)28(31)34)21(32)13-10-18-7-5-4-6-8-18/h4-16,26,33H,1-3H3. The summed E-state index contributed by atoms with van der Waals surface area (Å²) < 4.78 is 11.7. The van der Waals surface area contributed by atoms with Gasteiger partial charge in [-0.05, 0) is 54.0 Å². The smallest absolute Gasteiger partial charge is 0.296 e. The highest BCUT2D eigenvalue weighted by atomic mass is 32.1. The molecule has 7 nitrogen and oxygen atoms in total. The number of hydrogen-bond donors (Lipinski definition) is 1. The molecule has 0 aliphatic carbocycles. The number of rotatable bonds is 7. The van der Waals surface area contributed by atoms with Gasteiger partial charge < -0.3 is 14.6 Å². The highest BCUT2D eigenvalue weighted by Gasteiger charge is 2.45. The van der Waals surface area contributed by atoms with Crippen molar-refractivity contribution in [1.82, 2.24) is 4.98 Å². The van der Waals surface area contributed by atoms with Crippen LogP contribution in [0.1, 0.15) is 22.7 Å². The van der Waals surface area contributed by atoms with E-state index >= 15 is 0 Å². The molecular formula is C29H24N2O5S. The van der Waals surface area contributed by atoms with E-state index in [-0.39, 0.29) is 5.57 Å². The van der Waals surface area contributed by atoms with Gasteiger partial charge in [0, 0.05) is 0 Å². The van der Waals surface area contributed by atoms with Crippen LogP contribution in [0, 0.1) is 6.92 Å². The number of carbonyl (C=O) groups excluding carboxylic acids is 2. The molecule has 1 aliphatic rings. The van der Waals surface area contributed by atoms with E-state index in [2.05, 4.69) is 4.98 Å². The summed E-state index contributed by atoms with van der Waals surface area (Å²) in [5.41, 5.74) is 3.16. The molecule has 2 heterocycles. The summed E-state index contributed by atoms with van der Waals surface area (Å²) >= 11 is 1.33. The first-order valence-electron chi connectivity index (χ1n) is 11.5. The third-order valence-corrected chi connectivity index (χ3v) is 7.18. The lowest BCUT2D eigenvalue weighted by Gasteiger charge is -2.24. The maximum absolute atomic E-state index is 13.5. The number of nitrogens with zero attached hydrogens (tertiary/aromatic N) is 2. The monoisotopic (exact) mass is 512 g/mol. The second-order valence-electron chi connectivity index (χ2n) is 8.53. The molecule has 0 radical (unpaired) electrons. The van der Waals surface area contributed by atoms with Gasteiger partial charge in [-0.1, -0.05) is 59.9 Å². The summed E-state index contributed by atoms with van der Waals surface area (Å²) in [5, 5.41) is 11.4. The molecule has 0 spiro atoms. The molecule has 0 fully saturated rings. The number of ether oxygens (including phenoxy) is 2. The highest BCUT2D eigenvalue weighted by molar-refractivity contribution is 7.22. The fourth-order valence-corrected chi connectivity index (χ4v) is 5.43. The van der Waals surface area contributed by atoms with E-state index in [1.54, 1.807) is 24.3 Å². The molecule has 1 amide bonds. The Morgan fingerprint density at radius 2 is 1.78 bits per heavy atom. The first-order chi connectivity index (χ1) is 17.9. The predicted molar refractivity (Wildman–Crippen MR) is 144 cm³/mol. The second-order valence-corrected chi connectivity index (χ2v) is 9.54. The van der Waals surface area contributed by atoms with Gasteiger partial charge in [-0.15, -0.1) is 0 Å². The van der Waals surface area contributed by atoms with E-state index in [9.17, 15) is 14.7 Å². The SMILES string of the molecule is COc1ccc(C2C(C(=O)C=Cc3ccccc3)=C(O)C(=O)N2c2nc3ccc(C)cc3s2)cc1OC. The molecule has 3 aromatic carbocycles. The Morgan fingerprint density at radius 1 is 1.03 bits per heavy atom. The van der Waals surface area contributed by atoms with Gasteiger partial charge in [0.05, 0.1) is 36.1 Å². The lowest BCUT2D eigenvalue weighted by atomic mass is 9.95. The van der Waals surface area contributed by atoms with Crippen LogP contribution < -0.4 is 14.4 Å². The number of benzene rings is 3. The van der Waals surface area contributed by atoms with Gasteiger partial charge in [-0.2, -0.15) is 0 Å². The Balaban J connectivity index is 1.64. The number of anilines is 1. The first kappa shape index (κ1) is 24.3. The van der Waals surface area contributed by atoms with Crippen LogP contribution in [0.3, 0.4) is 0 Å². The molecule has 4 aromatic rings. The molecule has 186 valence electrons. The summed E-state index contributed by atoms with van der Waals surface area (Å²) in [7, 11) is 3.04. The van der Waals surface area contributed by atoms with Crippen molar-refractivity contribution in [3.8, 4) is 11.5 Å². The summed E-state index contributed by atoms with van der Waals surface area (Å²) in [6.07, 6.45) is 3.02. The van der Waals surface area contributed by atoms with Crippen LogP contribution in [0.5, 0.6) is 11.5 Å². The van der Waals surface area contributed by atoms with Crippen LogP contribution in [0.15, 0.2) is 84.1 Å². The highest BCUT2D eigenvalue weighted by Crippen LogP contribution is 2.45. The van der Waals surface area contributed by atoms with Gasteiger partial charge >= 0.3 is 0 Å². The molecule has 0 bridgehead atoms. The van der Waals surface area contributed by atoms with Gasteiger partial charge in [-0.3, -0.25) is 14.5 Å². The number of aliphatic hydroxyl groups excluding tert-OH is 1. The molecular weight excluding hydrogens is 488 g/mol. The van der Waals surface area contributed by atoms with Crippen molar-refractivity contribution in [1.29, 1.82) is 0 Å². The summed E-state index contributed by atoms with van der Waals surface area (Å²) in [6.45, 7) is 1.98. The topological polar surface area (TPSA) is 89.0 Å². The molecule has 1 unspecified atom stereocenters. The molecule has 5 rings (SSSR count). The quantitative estimate of drug-likeness (QED) is 0.315. The Bertz CT molecular complexity index is 1570. The number of aryl methyl sites for hydroxylation is 1. The van der Waals surface area contributed by atoms with Crippen molar-refractivity contribution in [3.63, 3.8) is 0 Å². The number of aromatic nitrogens is 1. The fraction of sp³-hybridized carbons (Fsp3) is 0.138. The number of methoxy groups -OCH3 is 2. The van der Waals surface area contributed by atoms with Gasteiger partial charge in [0.25, 0.3) is 5.91 Å². The molecule has 1 N–H and O–H groups in total. The minimum atomic E-state index is -0.915. The normalized spacial score (nSPS) is 15.7. The van der Waals surface area contributed by atoms with Crippen molar-refractivity contribution < 1.29 is 24.2 Å². The lowest BCUT2D eigenvalue weighted by Crippen LogP contribution is -2.30. The minimum Gasteiger partial charge on any atom is -0.503 e. The zero-order valence-corrected chi connectivity index (χ0v) is 21.3. The number of carbonyl (C=O) groups is 2. The van der Waals surface area contributed by atoms with Crippen molar-refractivity contribution in [3.05, 3.63) is 101 Å². The molecule has 1 aliphatic heterocycles. The lowest BCUT2D eigenvalue weighted by molar-refractivity contribution is -0.117. The maximum atomic E-state index is 13.5. The average molecular weight is 513 g/mol. The van der Waals surface area contributed by atoms with E-state index < -0.39 is 23.5 Å². The molecule has 8 heteroatoms.